The number of carbonyl (C=O) groups is 2. The molecule has 2 aromatic carbocycles. The predicted molar refractivity (Wildman–Crippen MR) is 124 cm³/mol. The minimum absolute atomic E-state index is 0.0746. The first-order valence-electron chi connectivity index (χ1n) is 10.9. The number of hydrogen-bond acceptors (Lipinski definition) is 6. The van der Waals surface area contributed by atoms with Crippen molar-refractivity contribution in [1.29, 1.82) is 0 Å². The number of nitrogens with one attached hydrogen (secondary N) is 2. The van der Waals surface area contributed by atoms with Crippen LogP contribution in [0.1, 0.15) is 56.1 Å². The lowest BCUT2D eigenvalue weighted by Gasteiger charge is -2.32. The van der Waals surface area contributed by atoms with Crippen molar-refractivity contribution in [3.05, 3.63) is 83.7 Å². The first kappa shape index (κ1) is 22.4. The molecule has 3 aromatic rings. The van der Waals surface area contributed by atoms with Crippen LogP contribution in [0.2, 0.25) is 0 Å². The monoisotopic (exact) mass is 448 g/mol. The zero-order valence-corrected chi connectivity index (χ0v) is 18.9. The Balaban J connectivity index is 1.57. The first-order chi connectivity index (χ1) is 15.8. The van der Waals surface area contributed by atoms with Gasteiger partial charge in [0.05, 0.1) is 29.7 Å². The van der Waals surface area contributed by atoms with E-state index in [0.717, 1.165) is 11.1 Å². The van der Waals surface area contributed by atoms with E-state index in [-0.39, 0.29) is 12.6 Å². The van der Waals surface area contributed by atoms with Gasteiger partial charge < -0.3 is 20.1 Å². The van der Waals surface area contributed by atoms with Gasteiger partial charge in [-0.25, -0.2) is 9.59 Å². The Labute approximate surface area is 192 Å². The highest BCUT2D eigenvalue weighted by molar-refractivity contribution is 5.75. The Bertz CT molecular complexity index is 1110. The smallest absolute Gasteiger partial charge is 0.435 e. The molecule has 0 bridgehead atoms. The molecule has 0 spiro atoms. The molecule has 4 rings (SSSR count). The normalized spacial score (nSPS) is 17.4. The summed E-state index contributed by atoms with van der Waals surface area (Å²) in [6.45, 7) is 5.53. The zero-order chi connectivity index (χ0) is 23.4. The Kier molecular flexibility index (Phi) is 6.35. The van der Waals surface area contributed by atoms with Gasteiger partial charge in [-0.15, -0.1) is 0 Å². The van der Waals surface area contributed by atoms with Crippen LogP contribution < -0.4 is 10.6 Å². The van der Waals surface area contributed by atoms with Crippen molar-refractivity contribution in [2.24, 2.45) is 0 Å². The second-order valence-electron chi connectivity index (χ2n) is 8.94. The molecule has 0 aliphatic carbocycles. The van der Waals surface area contributed by atoms with E-state index in [1.54, 1.807) is 27.0 Å². The molecular weight excluding hydrogens is 420 g/mol. The molecule has 0 radical (unpaired) electrons. The lowest BCUT2D eigenvalue weighted by Crippen LogP contribution is -2.37. The second kappa shape index (κ2) is 9.36. The van der Waals surface area contributed by atoms with Crippen LogP contribution >= 0.6 is 0 Å². The summed E-state index contributed by atoms with van der Waals surface area (Å²) in [7, 11) is 0. The van der Waals surface area contributed by atoms with Gasteiger partial charge in [0.2, 0.25) is 0 Å². The third kappa shape index (κ3) is 5.52. The van der Waals surface area contributed by atoms with E-state index < -0.39 is 23.8 Å². The number of ether oxygens (including phenoxy) is 2. The molecule has 0 saturated heterocycles. The molecule has 8 nitrogen and oxygen atoms in total. The Morgan fingerprint density at radius 2 is 1.76 bits per heavy atom. The number of benzene rings is 2. The number of hydrogen-bond donors (Lipinski definition) is 2. The minimum Gasteiger partial charge on any atom is -0.445 e. The number of alkyl carbamates (subject to hydrolysis) is 1. The van der Waals surface area contributed by atoms with Crippen LogP contribution in [0.15, 0.2) is 66.9 Å². The number of anilines is 1. The standard InChI is InChI=1S/C25H28N4O4/c1-25(2,3)33-24(31)29-22-20(28-23(30)32-16-17-10-6-4-7-11-17)14-19(27-21(22)15-26-29)18-12-8-5-9-13-18/h4-13,15,19-20,27H,14,16H2,1-3H3,(H,28,30)/t19-,20-/m0/s1. The number of amides is 1. The molecule has 8 heteroatoms. The van der Waals surface area contributed by atoms with Crippen molar-refractivity contribution in [3.8, 4) is 0 Å². The summed E-state index contributed by atoms with van der Waals surface area (Å²) in [4.78, 5) is 25.5. The summed E-state index contributed by atoms with van der Waals surface area (Å²) in [5, 5.41) is 10.6. The Hall–Kier alpha value is -3.81. The van der Waals surface area contributed by atoms with Crippen molar-refractivity contribution >= 4 is 17.9 Å². The molecule has 1 aliphatic rings. The fraction of sp³-hybridized carbons (Fsp3) is 0.320. The van der Waals surface area contributed by atoms with Crippen molar-refractivity contribution in [1.82, 2.24) is 15.1 Å². The van der Waals surface area contributed by atoms with Crippen LogP contribution in [0, 0.1) is 0 Å². The summed E-state index contributed by atoms with van der Waals surface area (Å²) in [6, 6.07) is 18.8. The maximum atomic E-state index is 12.8. The van der Waals surface area contributed by atoms with E-state index in [0.29, 0.717) is 17.8 Å². The van der Waals surface area contributed by atoms with Gasteiger partial charge in [-0.1, -0.05) is 60.7 Å². The Morgan fingerprint density at radius 1 is 1.09 bits per heavy atom. The average Bonchev–Trinajstić information content (AvgIpc) is 3.23. The summed E-state index contributed by atoms with van der Waals surface area (Å²) in [6.07, 6.45) is 0.915. The molecule has 0 fully saturated rings. The van der Waals surface area contributed by atoms with Crippen molar-refractivity contribution in [2.75, 3.05) is 5.32 Å². The first-order valence-corrected chi connectivity index (χ1v) is 10.9. The van der Waals surface area contributed by atoms with E-state index in [4.69, 9.17) is 9.47 Å². The molecule has 0 saturated carbocycles. The lowest BCUT2D eigenvalue weighted by atomic mass is 9.93. The highest BCUT2D eigenvalue weighted by Crippen LogP contribution is 2.39. The van der Waals surface area contributed by atoms with Crippen LogP contribution in [0.25, 0.3) is 0 Å². The minimum atomic E-state index is -0.678. The van der Waals surface area contributed by atoms with Gasteiger partial charge >= 0.3 is 12.2 Å². The van der Waals surface area contributed by atoms with Gasteiger partial charge in [0.1, 0.15) is 12.2 Å². The summed E-state index contributed by atoms with van der Waals surface area (Å²) < 4.78 is 12.1. The van der Waals surface area contributed by atoms with Crippen LogP contribution in [-0.4, -0.2) is 27.6 Å². The molecule has 2 atom stereocenters. The largest absolute Gasteiger partial charge is 0.445 e. The Morgan fingerprint density at radius 3 is 2.42 bits per heavy atom. The number of rotatable bonds is 4. The molecule has 1 amide bonds. The fourth-order valence-corrected chi connectivity index (χ4v) is 3.79. The summed E-state index contributed by atoms with van der Waals surface area (Å²) in [5.41, 5.74) is 2.47. The van der Waals surface area contributed by atoms with Crippen LogP contribution in [0.3, 0.4) is 0 Å². The molecule has 2 N–H and O–H groups in total. The second-order valence-corrected chi connectivity index (χ2v) is 8.94. The zero-order valence-electron chi connectivity index (χ0n) is 18.9. The highest BCUT2D eigenvalue weighted by atomic mass is 16.6. The van der Waals surface area contributed by atoms with Gasteiger partial charge in [-0.2, -0.15) is 9.78 Å². The average molecular weight is 449 g/mol. The van der Waals surface area contributed by atoms with Crippen molar-refractivity contribution < 1.29 is 19.1 Å². The van der Waals surface area contributed by atoms with Gasteiger partial charge in [-0.3, -0.25) is 0 Å². The van der Waals surface area contributed by atoms with Crippen LogP contribution in [0.4, 0.5) is 15.3 Å². The topological polar surface area (TPSA) is 94.5 Å². The van der Waals surface area contributed by atoms with Gasteiger partial charge in [0.15, 0.2) is 0 Å². The predicted octanol–water partition coefficient (Wildman–Crippen LogP) is 5.19. The maximum absolute atomic E-state index is 12.8. The maximum Gasteiger partial charge on any atom is 0.435 e. The van der Waals surface area contributed by atoms with Crippen molar-refractivity contribution in [2.45, 2.75) is 51.5 Å². The molecule has 172 valence electrons. The van der Waals surface area contributed by atoms with Crippen LogP contribution in [-0.2, 0) is 16.1 Å². The molecule has 33 heavy (non-hydrogen) atoms. The van der Waals surface area contributed by atoms with Crippen molar-refractivity contribution in [3.63, 3.8) is 0 Å². The van der Waals surface area contributed by atoms with E-state index in [2.05, 4.69) is 15.7 Å². The highest BCUT2D eigenvalue weighted by Gasteiger charge is 2.35. The van der Waals surface area contributed by atoms with E-state index in [1.807, 2.05) is 60.7 Å². The van der Waals surface area contributed by atoms with Crippen LogP contribution in [0.5, 0.6) is 0 Å². The number of fused-ring (bicyclic) bond motifs is 1. The molecule has 1 aliphatic heterocycles. The SMILES string of the molecule is CC(C)(C)OC(=O)n1ncc2c1[C@@H](NC(=O)OCc1ccccc1)C[C@@H](c1ccccc1)N2. The third-order valence-electron chi connectivity index (χ3n) is 5.21. The lowest BCUT2D eigenvalue weighted by molar-refractivity contribution is 0.0504. The third-order valence-corrected chi connectivity index (χ3v) is 5.21. The molecule has 0 unspecified atom stereocenters. The van der Waals surface area contributed by atoms with Gasteiger partial charge in [-0.05, 0) is 38.3 Å². The number of carbonyl (C=O) groups excluding carboxylic acids is 2. The number of aromatic nitrogens is 2. The summed E-state index contributed by atoms with van der Waals surface area (Å²) in [5.74, 6) is 0. The number of nitrogens with zero attached hydrogens (tertiary/aromatic N) is 2. The summed E-state index contributed by atoms with van der Waals surface area (Å²) >= 11 is 0. The van der Waals surface area contributed by atoms with Gasteiger partial charge in [0, 0.05) is 0 Å². The fourth-order valence-electron chi connectivity index (χ4n) is 3.79. The van der Waals surface area contributed by atoms with E-state index in [9.17, 15) is 9.59 Å². The van der Waals surface area contributed by atoms with E-state index >= 15 is 0 Å². The van der Waals surface area contributed by atoms with Gasteiger partial charge in [0.25, 0.3) is 0 Å². The van der Waals surface area contributed by atoms with E-state index in [1.165, 1.54) is 4.68 Å². The molecular formula is C25H28N4O4. The molecule has 1 aromatic heterocycles. The molecule has 2 heterocycles. The quantitative estimate of drug-likeness (QED) is 0.570.